The van der Waals surface area contributed by atoms with Gasteiger partial charge in [0.25, 0.3) is 5.91 Å². The molecule has 1 heterocycles. The lowest BCUT2D eigenvalue weighted by atomic mass is 10.1. The monoisotopic (exact) mass is 265 g/mol. The molecule has 104 valence electrons. The quantitative estimate of drug-likeness (QED) is 0.869. The van der Waals surface area contributed by atoms with Crippen molar-refractivity contribution >= 4 is 11.6 Å². The van der Waals surface area contributed by atoms with E-state index < -0.39 is 0 Å². The van der Waals surface area contributed by atoms with E-state index >= 15 is 0 Å². The summed E-state index contributed by atoms with van der Waals surface area (Å²) in [5.41, 5.74) is 0.850. The third-order valence-corrected chi connectivity index (χ3v) is 3.20. The summed E-state index contributed by atoms with van der Waals surface area (Å²) in [5.74, 6) is 0.728. The van der Waals surface area contributed by atoms with E-state index in [2.05, 4.69) is 0 Å². The fourth-order valence-electron chi connectivity index (χ4n) is 2.13. The van der Waals surface area contributed by atoms with Crippen molar-refractivity contribution in [1.29, 1.82) is 0 Å². The van der Waals surface area contributed by atoms with Crippen molar-refractivity contribution in [3.8, 4) is 5.75 Å². The van der Waals surface area contributed by atoms with Crippen molar-refractivity contribution in [1.82, 2.24) is 0 Å². The van der Waals surface area contributed by atoms with Gasteiger partial charge in [0.2, 0.25) is 0 Å². The molecule has 1 aromatic rings. The van der Waals surface area contributed by atoms with Crippen LogP contribution in [0.3, 0.4) is 0 Å². The highest BCUT2D eigenvalue weighted by molar-refractivity contribution is 5.95. The highest BCUT2D eigenvalue weighted by Gasteiger charge is 2.26. The van der Waals surface area contributed by atoms with Crippen LogP contribution in [0.4, 0.5) is 5.69 Å². The predicted molar refractivity (Wildman–Crippen MR) is 71.4 cm³/mol. The topological polar surface area (TPSA) is 59.0 Å². The molecule has 0 radical (unpaired) electrons. The smallest absolute Gasteiger partial charge is 0.253 e. The van der Waals surface area contributed by atoms with Gasteiger partial charge >= 0.3 is 0 Å². The van der Waals surface area contributed by atoms with Crippen LogP contribution in [0.15, 0.2) is 24.3 Å². The summed E-state index contributed by atoms with van der Waals surface area (Å²) >= 11 is 0. The van der Waals surface area contributed by atoms with Crippen molar-refractivity contribution in [2.24, 2.45) is 0 Å². The molecule has 5 nitrogen and oxygen atoms in total. The zero-order valence-corrected chi connectivity index (χ0v) is 11.0. The number of carbonyl (C=O) groups excluding carboxylic acids is 1. The fraction of sp³-hybridized carbons (Fsp3) is 0.500. The Labute approximate surface area is 112 Å². The molecule has 1 saturated heterocycles. The van der Waals surface area contributed by atoms with Crippen molar-refractivity contribution < 1.29 is 19.4 Å². The van der Waals surface area contributed by atoms with Crippen LogP contribution in [0.25, 0.3) is 0 Å². The molecule has 0 aromatic heterocycles. The Morgan fingerprint density at radius 1 is 1.42 bits per heavy atom. The van der Waals surface area contributed by atoms with E-state index in [1.54, 1.807) is 12.0 Å². The van der Waals surface area contributed by atoms with Gasteiger partial charge in [-0.05, 0) is 37.1 Å². The molecule has 0 bridgehead atoms. The highest BCUT2D eigenvalue weighted by atomic mass is 16.5. The van der Waals surface area contributed by atoms with E-state index in [1.165, 1.54) is 0 Å². The van der Waals surface area contributed by atoms with E-state index in [0.29, 0.717) is 13.0 Å². The number of aliphatic hydroxyl groups excluding tert-OH is 1. The zero-order chi connectivity index (χ0) is 13.7. The van der Waals surface area contributed by atoms with Crippen LogP contribution >= 0.6 is 0 Å². The van der Waals surface area contributed by atoms with Gasteiger partial charge < -0.3 is 19.5 Å². The Morgan fingerprint density at radius 3 is 2.79 bits per heavy atom. The second kappa shape index (κ2) is 6.54. The number of methoxy groups -OCH3 is 1. The summed E-state index contributed by atoms with van der Waals surface area (Å²) in [6, 6.07) is 7.40. The van der Waals surface area contributed by atoms with E-state index in [4.69, 9.17) is 14.6 Å². The standard InChI is InChI=1S/C14H19NO4/c1-18-12-6-4-11(5-7-12)15-9-13(3-2-8-16)19-10-14(15)17/h4-7,13,16H,2-3,8-10H2,1H3. The average Bonchev–Trinajstić information content (AvgIpc) is 2.46. The molecule has 1 unspecified atom stereocenters. The minimum Gasteiger partial charge on any atom is -0.497 e. The third-order valence-electron chi connectivity index (χ3n) is 3.20. The fourth-order valence-corrected chi connectivity index (χ4v) is 2.13. The Morgan fingerprint density at radius 2 is 2.16 bits per heavy atom. The molecule has 1 amide bonds. The minimum atomic E-state index is -0.0367. The highest BCUT2D eigenvalue weighted by Crippen LogP contribution is 2.23. The van der Waals surface area contributed by atoms with Gasteiger partial charge in [0.15, 0.2) is 0 Å². The molecule has 0 saturated carbocycles. The molecule has 1 aromatic carbocycles. The number of amides is 1. The predicted octanol–water partition coefficient (Wildman–Crippen LogP) is 1.20. The summed E-state index contributed by atoms with van der Waals surface area (Å²) in [6.07, 6.45) is 1.44. The second-order valence-electron chi connectivity index (χ2n) is 4.50. The number of hydrogen-bond donors (Lipinski definition) is 1. The molecule has 0 spiro atoms. The molecule has 1 fully saturated rings. The number of rotatable bonds is 5. The van der Waals surface area contributed by atoms with Crippen molar-refractivity contribution in [3.63, 3.8) is 0 Å². The molecule has 1 N–H and O–H groups in total. The summed E-state index contributed by atoms with van der Waals surface area (Å²) in [5, 5.41) is 8.84. The lowest BCUT2D eigenvalue weighted by Gasteiger charge is -2.32. The first-order valence-corrected chi connectivity index (χ1v) is 6.41. The van der Waals surface area contributed by atoms with Crippen LogP contribution in [0.1, 0.15) is 12.8 Å². The molecular weight excluding hydrogens is 246 g/mol. The van der Waals surface area contributed by atoms with Crippen LogP contribution in [0.2, 0.25) is 0 Å². The lowest BCUT2D eigenvalue weighted by Crippen LogP contribution is -2.46. The molecule has 1 atom stereocenters. The van der Waals surface area contributed by atoms with Crippen LogP contribution in [0, 0.1) is 0 Å². The number of morpholine rings is 1. The number of anilines is 1. The first kappa shape index (κ1) is 13.8. The van der Waals surface area contributed by atoms with Gasteiger partial charge in [0.1, 0.15) is 12.4 Å². The minimum absolute atomic E-state index is 0.00745. The van der Waals surface area contributed by atoms with E-state index in [1.807, 2.05) is 24.3 Å². The Balaban J connectivity index is 2.05. The third kappa shape index (κ3) is 3.45. The number of aliphatic hydroxyl groups is 1. The Hall–Kier alpha value is -1.59. The first-order valence-electron chi connectivity index (χ1n) is 6.41. The molecule has 2 rings (SSSR count). The van der Waals surface area contributed by atoms with Gasteiger partial charge in [0.05, 0.1) is 19.8 Å². The summed E-state index contributed by atoms with van der Waals surface area (Å²) in [4.78, 5) is 13.6. The van der Waals surface area contributed by atoms with E-state index in [-0.39, 0.29) is 25.2 Å². The summed E-state index contributed by atoms with van der Waals surface area (Å²) in [6.45, 7) is 0.781. The first-order chi connectivity index (χ1) is 9.24. The van der Waals surface area contributed by atoms with Gasteiger partial charge in [0, 0.05) is 12.3 Å². The largest absolute Gasteiger partial charge is 0.497 e. The Kier molecular flexibility index (Phi) is 4.76. The maximum atomic E-state index is 11.9. The molecular formula is C14H19NO4. The zero-order valence-electron chi connectivity index (χ0n) is 11.0. The molecule has 5 heteroatoms. The molecule has 1 aliphatic rings. The number of ether oxygens (including phenoxy) is 2. The van der Waals surface area contributed by atoms with Gasteiger partial charge in [-0.25, -0.2) is 0 Å². The number of benzene rings is 1. The van der Waals surface area contributed by atoms with Crippen molar-refractivity contribution in [2.75, 3.05) is 31.8 Å². The van der Waals surface area contributed by atoms with E-state index in [9.17, 15) is 4.79 Å². The molecule has 19 heavy (non-hydrogen) atoms. The summed E-state index contributed by atoms with van der Waals surface area (Å²) in [7, 11) is 1.61. The maximum Gasteiger partial charge on any atom is 0.253 e. The lowest BCUT2D eigenvalue weighted by molar-refractivity contribution is -0.129. The van der Waals surface area contributed by atoms with Gasteiger partial charge in [-0.1, -0.05) is 0 Å². The van der Waals surface area contributed by atoms with Gasteiger partial charge in [-0.2, -0.15) is 0 Å². The molecule has 1 aliphatic heterocycles. The van der Waals surface area contributed by atoms with Gasteiger partial charge in [-0.15, -0.1) is 0 Å². The summed E-state index contributed by atoms with van der Waals surface area (Å²) < 4.78 is 10.6. The van der Waals surface area contributed by atoms with Crippen LogP contribution in [-0.4, -0.2) is 44.0 Å². The maximum absolute atomic E-state index is 11.9. The normalized spacial score (nSPS) is 19.6. The number of carbonyl (C=O) groups is 1. The SMILES string of the molecule is COc1ccc(N2CC(CCCO)OCC2=O)cc1. The Bertz CT molecular complexity index is 418. The average molecular weight is 265 g/mol. The molecule has 0 aliphatic carbocycles. The van der Waals surface area contributed by atoms with Crippen molar-refractivity contribution in [3.05, 3.63) is 24.3 Å². The second-order valence-corrected chi connectivity index (χ2v) is 4.50. The van der Waals surface area contributed by atoms with Crippen LogP contribution in [-0.2, 0) is 9.53 Å². The van der Waals surface area contributed by atoms with Gasteiger partial charge in [-0.3, -0.25) is 4.79 Å². The van der Waals surface area contributed by atoms with Crippen LogP contribution in [0.5, 0.6) is 5.75 Å². The van der Waals surface area contributed by atoms with Crippen LogP contribution < -0.4 is 9.64 Å². The van der Waals surface area contributed by atoms with E-state index in [0.717, 1.165) is 17.9 Å². The van der Waals surface area contributed by atoms with Crippen molar-refractivity contribution in [2.45, 2.75) is 18.9 Å². The number of nitrogens with zero attached hydrogens (tertiary/aromatic N) is 1. The number of hydrogen-bond acceptors (Lipinski definition) is 4.